The zero-order valence-corrected chi connectivity index (χ0v) is 12.5. The van der Waals surface area contributed by atoms with Crippen molar-refractivity contribution >= 4 is 17.0 Å². The van der Waals surface area contributed by atoms with E-state index in [1.807, 2.05) is 49.4 Å². The number of hydrogen-bond donors (Lipinski definition) is 1. The highest BCUT2D eigenvalue weighted by Gasteiger charge is 2.04. The maximum Gasteiger partial charge on any atom is 0.224 e. The van der Waals surface area contributed by atoms with Crippen LogP contribution in [0.25, 0.3) is 11.1 Å². The van der Waals surface area contributed by atoms with Crippen LogP contribution >= 0.6 is 0 Å². The molecule has 0 saturated carbocycles. The summed E-state index contributed by atoms with van der Waals surface area (Å²) in [6.07, 6.45) is 2.63. The highest BCUT2D eigenvalue weighted by atomic mass is 16.3. The van der Waals surface area contributed by atoms with E-state index < -0.39 is 0 Å². The van der Waals surface area contributed by atoms with Crippen LogP contribution in [-0.2, 0) is 17.6 Å². The van der Waals surface area contributed by atoms with E-state index in [2.05, 4.69) is 10.3 Å². The summed E-state index contributed by atoms with van der Waals surface area (Å²) in [6, 6.07) is 13.9. The fourth-order valence-corrected chi connectivity index (χ4v) is 2.36. The second kappa shape index (κ2) is 6.43. The quantitative estimate of drug-likeness (QED) is 0.787. The van der Waals surface area contributed by atoms with Gasteiger partial charge >= 0.3 is 0 Å². The molecule has 4 heteroatoms. The number of carbonyl (C=O) groups is 1. The Morgan fingerprint density at radius 3 is 2.73 bits per heavy atom. The molecule has 1 heterocycles. The number of fused-ring (bicyclic) bond motifs is 1. The maximum absolute atomic E-state index is 11.9. The first-order valence-corrected chi connectivity index (χ1v) is 7.35. The third-order valence-electron chi connectivity index (χ3n) is 3.62. The van der Waals surface area contributed by atoms with Gasteiger partial charge in [0.2, 0.25) is 5.91 Å². The minimum absolute atomic E-state index is 0.0459. The predicted octanol–water partition coefficient (Wildman–Crippen LogP) is 3.04. The third-order valence-corrected chi connectivity index (χ3v) is 3.62. The monoisotopic (exact) mass is 294 g/mol. The molecule has 3 aromatic rings. The first-order chi connectivity index (χ1) is 10.7. The second-order valence-corrected chi connectivity index (χ2v) is 5.42. The smallest absolute Gasteiger partial charge is 0.224 e. The van der Waals surface area contributed by atoms with Crippen LogP contribution in [0.2, 0.25) is 0 Å². The van der Waals surface area contributed by atoms with Gasteiger partial charge in [-0.1, -0.05) is 35.9 Å². The van der Waals surface area contributed by atoms with Gasteiger partial charge in [0.25, 0.3) is 0 Å². The molecule has 0 bridgehead atoms. The zero-order chi connectivity index (χ0) is 15.4. The Labute approximate surface area is 129 Å². The Balaban J connectivity index is 1.49. The summed E-state index contributed by atoms with van der Waals surface area (Å²) >= 11 is 0. The Hall–Kier alpha value is -2.62. The van der Waals surface area contributed by atoms with Crippen LogP contribution in [0.15, 0.2) is 53.3 Å². The van der Waals surface area contributed by atoms with E-state index in [9.17, 15) is 4.79 Å². The molecule has 22 heavy (non-hydrogen) atoms. The number of carbonyl (C=O) groups excluding carboxylic acids is 1. The standard InChI is InChI=1S/C18H18N2O2/c1-13-2-4-14(5-3-13)11-18(21)19-9-8-15-6-7-16-17(10-15)22-12-20-16/h2-7,10,12H,8-9,11H2,1H3,(H,19,21). The van der Waals surface area contributed by atoms with Crippen molar-refractivity contribution < 1.29 is 9.21 Å². The molecular formula is C18H18N2O2. The van der Waals surface area contributed by atoms with Gasteiger partial charge in [-0.15, -0.1) is 0 Å². The molecule has 0 radical (unpaired) electrons. The van der Waals surface area contributed by atoms with E-state index in [1.165, 1.54) is 12.0 Å². The van der Waals surface area contributed by atoms with Gasteiger partial charge in [0.05, 0.1) is 6.42 Å². The van der Waals surface area contributed by atoms with Crippen molar-refractivity contribution in [1.82, 2.24) is 10.3 Å². The first kappa shape index (κ1) is 14.3. The Bertz CT molecular complexity index is 775. The van der Waals surface area contributed by atoms with Crippen molar-refractivity contribution in [2.45, 2.75) is 19.8 Å². The lowest BCUT2D eigenvalue weighted by Crippen LogP contribution is -2.27. The van der Waals surface area contributed by atoms with E-state index in [0.717, 1.165) is 28.6 Å². The lowest BCUT2D eigenvalue weighted by atomic mass is 10.1. The Morgan fingerprint density at radius 2 is 1.91 bits per heavy atom. The minimum atomic E-state index is 0.0459. The summed E-state index contributed by atoms with van der Waals surface area (Å²) in [4.78, 5) is 16.0. The van der Waals surface area contributed by atoms with Gasteiger partial charge in [0.15, 0.2) is 12.0 Å². The predicted molar refractivity (Wildman–Crippen MR) is 85.6 cm³/mol. The molecule has 2 aromatic carbocycles. The molecule has 0 spiro atoms. The molecule has 1 N–H and O–H groups in total. The van der Waals surface area contributed by atoms with Crippen LogP contribution in [0.5, 0.6) is 0 Å². The van der Waals surface area contributed by atoms with E-state index >= 15 is 0 Å². The van der Waals surface area contributed by atoms with Gasteiger partial charge in [-0.25, -0.2) is 4.98 Å². The molecule has 112 valence electrons. The maximum atomic E-state index is 11.9. The van der Waals surface area contributed by atoms with Crippen molar-refractivity contribution in [3.05, 3.63) is 65.5 Å². The fraction of sp³-hybridized carbons (Fsp3) is 0.222. The van der Waals surface area contributed by atoms with Gasteiger partial charge in [0, 0.05) is 6.54 Å². The van der Waals surface area contributed by atoms with Gasteiger partial charge < -0.3 is 9.73 Å². The summed E-state index contributed by atoms with van der Waals surface area (Å²) in [5.74, 6) is 0.0459. The van der Waals surface area contributed by atoms with Crippen molar-refractivity contribution in [2.24, 2.45) is 0 Å². The molecule has 1 amide bonds. The minimum Gasteiger partial charge on any atom is -0.443 e. The number of nitrogens with one attached hydrogen (secondary N) is 1. The number of aromatic nitrogens is 1. The first-order valence-electron chi connectivity index (χ1n) is 7.35. The SMILES string of the molecule is Cc1ccc(CC(=O)NCCc2ccc3ncoc3c2)cc1. The summed E-state index contributed by atoms with van der Waals surface area (Å²) in [6.45, 7) is 2.65. The van der Waals surface area contributed by atoms with Gasteiger partial charge in [-0.3, -0.25) is 4.79 Å². The number of nitrogens with zero attached hydrogens (tertiary/aromatic N) is 1. The molecule has 1 aromatic heterocycles. The molecule has 0 fully saturated rings. The molecule has 0 aliphatic carbocycles. The average Bonchev–Trinajstić information content (AvgIpc) is 2.97. The largest absolute Gasteiger partial charge is 0.443 e. The zero-order valence-electron chi connectivity index (χ0n) is 12.5. The van der Waals surface area contributed by atoms with Crippen LogP contribution in [0.4, 0.5) is 0 Å². The average molecular weight is 294 g/mol. The van der Waals surface area contributed by atoms with Crippen LogP contribution < -0.4 is 5.32 Å². The Morgan fingerprint density at radius 1 is 1.14 bits per heavy atom. The second-order valence-electron chi connectivity index (χ2n) is 5.42. The van der Waals surface area contributed by atoms with E-state index in [1.54, 1.807) is 0 Å². The number of aryl methyl sites for hydroxylation is 1. The topological polar surface area (TPSA) is 55.1 Å². The third kappa shape index (κ3) is 3.52. The molecule has 0 unspecified atom stereocenters. The van der Waals surface area contributed by atoms with Gasteiger partial charge in [-0.05, 0) is 36.6 Å². The lowest BCUT2D eigenvalue weighted by Gasteiger charge is -2.06. The van der Waals surface area contributed by atoms with Gasteiger partial charge in [0.1, 0.15) is 5.52 Å². The molecule has 0 aliphatic heterocycles. The van der Waals surface area contributed by atoms with Gasteiger partial charge in [-0.2, -0.15) is 0 Å². The van der Waals surface area contributed by atoms with Crippen molar-refractivity contribution in [1.29, 1.82) is 0 Å². The highest BCUT2D eigenvalue weighted by Crippen LogP contribution is 2.14. The van der Waals surface area contributed by atoms with E-state index in [-0.39, 0.29) is 5.91 Å². The van der Waals surface area contributed by atoms with E-state index in [4.69, 9.17) is 4.42 Å². The van der Waals surface area contributed by atoms with Crippen LogP contribution in [0.1, 0.15) is 16.7 Å². The molecule has 0 saturated heterocycles. The summed E-state index contributed by atoms with van der Waals surface area (Å²) in [5, 5.41) is 2.95. The van der Waals surface area contributed by atoms with Crippen LogP contribution in [-0.4, -0.2) is 17.4 Å². The van der Waals surface area contributed by atoms with Crippen molar-refractivity contribution in [3.63, 3.8) is 0 Å². The molecule has 0 atom stereocenters. The lowest BCUT2D eigenvalue weighted by molar-refractivity contribution is -0.120. The number of hydrogen-bond acceptors (Lipinski definition) is 3. The van der Waals surface area contributed by atoms with Crippen LogP contribution in [0, 0.1) is 6.92 Å². The molecular weight excluding hydrogens is 276 g/mol. The normalized spacial score (nSPS) is 10.8. The molecule has 0 aliphatic rings. The van der Waals surface area contributed by atoms with E-state index in [0.29, 0.717) is 13.0 Å². The van der Waals surface area contributed by atoms with Crippen molar-refractivity contribution in [3.8, 4) is 0 Å². The summed E-state index contributed by atoms with van der Waals surface area (Å²) in [7, 11) is 0. The fourth-order valence-electron chi connectivity index (χ4n) is 2.36. The summed E-state index contributed by atoms with van der Waals surface area (Å²) < 4.78 is 5.28. The molecule has 3 rings (SSSR count). The Kier molecular flexibility index (Phi) is 4.19. The van der Waals surface area contributed by atoms with Crippen LogP contribution in [0.3, 0.4) is 0 Å². The summed E-state index contributed by atoms with van der Waals surface area (Å²) in [5.41, 5.74) is 4.99. The number of rotatable bonds is 5. The van der Waals surface area contributed by atoms with Crippen molar-refractivity contribution in [2.75, 3.05) is 6.54 Å². The highest BCUT2D eigenvalue weighted by molar-refractivity contribution is 5.78. The number of oxazole rings is 1. The number of amides is 1. The number of benzene rings is 2. The molecule has 4 nitrogen and oxygen atoms in total.